The molecule has 0 saturated carbocycles. The van der Waals surface area contributed by atoms with Crippen LogP contribution in [-0.4, -0.2) is 34.6 Å². The van der Waals surface area contributed by atoms with Crippen LogP contribution in [0.1, 0.15) is 11.7 Å². The highest BCUT2D eigenvalue weighted by Gasteiger charge is 2.26. The molecule has 78 valence electrons. The molecule has 0 spiro atoms. The molecule has 2 heterocycles. The van der Waals surface area contributed by atoms with Crippen molar-refractivity contribution in [2.24, 2.45) is 7.05 Å². The number of aryl methyl sites for hydroxylation is 1. The van der Waals surface area contributed by atoms with Gasteiger partial charge in [-0.25, -0.2) is 10.9 Å². The molecule has 0 aromatic carbocycles. The van der Waals surface area contributed by atoms with Gasteiger partial charge in [0, 0.05) is 13.6 Å². The van der Waals surface area contributed by atoms with Crippen molar-refractivity contribution in [1.29, 1.82) is 0 Å². The number of nitrogens with zero attached hydrogens (tertiary/aromatic N) is 3. The summed E-state index contributed by atoms with van der Waals surface area (Å²) >= 11 is 0. The number of rotatable bonds is 3. The Bertz CT molecular complexity index is 290. The molecule has 7 heteroatoms. The van der Waals surface area contributed by atoms with Crippen LogP contribution in [0.2, 0.25) is 0 Å². The van der Waals surface area contributed by atoms with E-state index in [9.17, 15) is 0 Å². The van der Waals surface area contributed by atoms with E-state index >= 15 is 0 Å². The van der Waals surface area contributed by atoms with Crippen molar-refractivity contribution >= 4 is 0 Å². The van der Waals surface area contributed by atoms with Gasteiger partial charge in [0.05, 0.1) is 24.0 Å². The predicted molar refractivity (Wildman–Crippen MR) is 50.9 cm³/mol. The molecule has 1 saturated heterocycles. The first-order chi connectivity index (χ1) is 6.83. The van der Waals surface area contributed by atoms with Gasteiger partial charge in [-0.2, -0.15) is 5.53 Å². The van der Waals surface area contributed by atoms with E-state index in [1.54, 1.807) is 10.9 Å². The second-order valence-electron chi connectivity index (χ2n) is 3.31. The number of aromatic nitrogens is 3. The van der Waals surface area contributed by atoms with Crippen molar-refractivity contribution < 1.29 is 0 Å². The lowest BCUT2D eigenvalue weighted by Crippen LogP contribution is -2.41. The van der Waals surface area contributed by atoms with Gasteiger partial charge in [-0.1, -0.05) is 5.21 Å². The van der Waals surface area contributed by atoms with E-state index in [1.165, 1.54) is 0 Å². The summed E-state index contributed by atoms with van der Waals surface area (Å²) in [7, 11) is 3.82. The molecule has 0 radical (unpaired) electrons. The van der Waals surface area contributed by atoms with Crippen molar-refractivity contribution in [3.05, 3.63) is 11.9 Å². The second-order valence-corrected chi connectivity index (χ2v) is 3.31. The number of nitrogens with one attached hydrogen (secondary N) is 4. The Kier molecular flexibility index (Phi) is 2.73. The minimum Gasteiger partial charge on any atom is -0.310 e. The van der Waals surface area contributed by atoms with E-state index in [2.05, 4.69) is 32.0 Å². The Morgan fingerprint density at radius 3 is 3.07 bits per heavy atom. The van der Waals surface area contributed by atoms with E-state index in [1.807, 2.05) is 14.1 Å². The van der Waals surface area contributed by atoms with Crippen LogP contribution in [0.25, 0.3) is 0 Å². The van der Waals surface area contributed by atoms with Crippen molar-refractivity contribution in [3.8, 4) is 0 Å². The zero-order valence-electron chi connectivity index (χ0n) is 8.28. The maximum atomic E-state index is 3.91. The first kappa shape index (κ1) is 9.53. The highest BCUT2D eigenvalue weighted by atomic mass is 15.6. The lowest BCUT2D eigenvalue weighted by molar-refractivity contribution is 0.413. The van der Waals surface area contributed by atoms with Crippen molar-refractivity contribution in [2.45, 2.75) is 12.1 Å². The van der Waals surface area contributed by atoms with Crippen LogP contribution in [0.4, 0.5) is 0 Å². The smallest absolute Gasteiger partial charge is 0.0770 e. The van der Waals surface area contributed by atoms with Gasteiger partial charge in [-0.05, 0) is 7.05 Å². The first-order valence-corrected chi connectivity index (χ1v) is 4.58. The molecule has 0 aliphatic carbocycles. The highest BCUT2D eigenvalue weighted by Crippen LogP contribution is 2.14. The quantitative estimate of drug-likeness (QED) is 0.451. The van der Waals surface area contributed by atoms with Gasteiger partial charge in [-0.15, -0.1) is 5.10 Å². The topological polar surface area (TPSA) is 78.8 Å². The molecule has 2 unspecified atom stereocenters. The number of hydrogen-bond donors (Lipinski definition) is 4. The standard InChI is InChI=1S/C7H15N7/c1-8-7(5-3-9-12-11-5)6-4-10-13-14(6)2/h4-5,7-9,11-12H,3H2,1-2H3. The summed E-state index contributed by atoms with van der Waals surface area (Å²) in [6.07, 6.45) is 1.78. The lowest BCUT2D eigenvalue weighted by atomic mass is 10.1. The summed E-state index contributed by atoms with van der Waals surface area (Å²) < 4.78 is 1.78. The van der Waals surface area contributed by atoms with Gasteiger partial charge >= 0.3 is 0 Å². The highest BCUT2D eigenvalue weighted by molar-refractivity contribution is 5.06. The summed E-state index contributed by atoms with van der Waals surface area (Å²) in [6, 6.07) is 0.481. The van der Waals surface area contributed by atoms with E-state index in [0.717, 1.165) is 12.2 Å². The molecule has 1 aliphatic rings. The van der Waals surface area contributed by atoms with Crippen LogP contribution in [0, 0.1) is 0 Å². The average Bonchev–Trinajstić information content (AvgIpc) is 2.80. The minimum atomic E-state index is 0.192. The van der Waals surface area contributed by atoms with E-state index in [4.69, 9.17) is 0 Å². The van der Waals surface area contributed by atoms with Gasteiger partial charge in [0.15, 0.2) is 0 Å². The Morgan fingerprint density at radius 1 is 1.71 bits per heavy atom. The predicted octanol–water partition coefficient (Wildman–Crippen LogP) is -1.94. The molecular formula is C7H15N7. The summed E-state index contributed by atoms with van der Waals surface area (Å²) in [5.41, 5.74) is 10.1. The molecule has 1 aromatic heterocycles. The lowest BCUT2D eigenvalue weighted by Gasteiger charge is -2.21. The fourth-order valence-corrected chi connectivity index (χ4v) is 1.69. The average molecular weight is 197 g/mol. The molecule has 2 atom stereocenters. The van der Waals surface area contributed by atoms with Crippen LogP contribution < -0.4 is 21.7 Å². The minimum absolute atomic E-state index is 0.192. The number of hydrazine groups is 2. The van der Waals surface area contributed by atoms with E-state index in [0.29, 0.717) is 0 Å². The summed E-state index contributed by atoms with van der Waals surface area (Å²) in [5.74, 6) is 0. The zero-order valence-corrected chi connectivity index (χ0v) is 8.28. The molecule has 0 bridgehead atoms. The van der Waals surface area contributed by atoms with Crippen LogP contribution >= 0.6 is 0 Å². The van der Waals surface area contributed by atoms with E-state index < -0.39 is 0 Å². The fraction of sp³-hybridized carbons (Fsp3) is 0.714. The van der Waals surface area contributed by atoms with Gasteiger partial charge in [0.2, 0.25) is 0 Å². The molecule has 7 nitrogen and oxygen atoms in total. The molecule has 14 heavy (non-hydrogen) atoms. The fourth-order valence-electron chi connectivity index (χ4n) is 1.69. The third kappa shape index (κ3) is 1.62. The number of hydrogen-bond acceptors (Lipinski definition) is 6. The Balaban J connectivity index is 2.16. The molecule has 4 N–H and O–H groups in total. The Hall–Kier alpha value is -1.02. The molecule has 0 amide bonds. The van der Waals surface area contributed by atoms with Gasteiger partial charge in [0.25, 0.3) is 0 Å². The second kappa shape index (κ2) is 4.01. The third-order valence-corrected chi connectivity index (χ3v) is 2.45. The van der Waals surface area contributed by atoms with Gasteiger partial charge < -0.3 is 5.32 Å². The molecule has 2 rings (SSSR count). The third-order valence-electron chi connectivity index (χ3n) is 2.45. The normalized spacial score (nSPS) is 24.0. The first-order valence-electron chi connectivity index (χ1n) is 4.58. The van der Waals surface area contributed by atoms with Gasteiger partial charge in [0.1, 0.15) is 0 Å². The van der Waals surface area contributed by atoms with Crippen LogP contribution in [0.15, 0.2) is 6.20 Å². The van der Waals surface area contributed by atoms with Crippen molar-refractivity contribution in [3.63, 3.8) is 0 Å². The molecule has 1 aliphatic heterocycles. The van der Waals surface area contributed by atoms with Crippen molar-refractivity contribution in [2.75, 3.05) is 13.6 Å². The summed E-state index contributed by atoms with van der Waals surface area (Å²) in [4.78, 5) is 0. The van der Waals surface area contributed by atoms with Crippen LogP contribution in [0.3, 0.4) is 0 Å². The molecule has 1 fully saturated rings. The zero-order chi connectivity index (χ0) is 9.97. The molecule has 1 aromatic rings. The number of likely N-dealkylation sites (N-methyl/N-ethyl adjacent to an activating group) is 1. The SMILES string of the molecule is CNC(c1cnnn1C)C1CNNN1. The summed E-state index contributed by atoms with van der Waals surface area (Å²) in [5, 5.41) is 11.0. The van der Waals surface area contributed by atoms with Crippen LogP contribution in [-0.2, 0) is 7.05 Å². The van der Waals surface area contributed by atoms with Crippen molar-refractivity contribution in [1.82, 2.24) is 36.7 Å². The maximum absolute atomic E-state index is 3.91. The van der Waals surface area contributed by atoms with E-state index in [-0.39, 0.29) is 12.1 Å². The van der Waals surface area contributed by atoms with Crippen LogP contribution in [0.5, 0.6) is 0 Å². The largest absolute Gasteiger partial charge is 0.310 e. The molecular weight excluding hydrogens is 182 g/mol. The Morgan fingerprint density at radius 2 is 2.57 bits per heavy atom. The maximum Gasteiger partial charge on any atom is 0.0770 e. The monoisotopic (exact) mass is 197 g/mol. The van der Waals surface area contributed by atoms with Gasteiger partial charge in [-0.3, -0.25) is 4.68 Å². The summed E-state index contributed by atoms with van der Waals surface area (Å²) in [6.45, 7) is 0.858. The Labute approximate surface area is 82.2 Å².